The molecule has 0 spiro atoms. The average molecular weight is 380 g/mol. The zero-order valence-electron chi connectivity index (χ0n) is 16.8. The molecule has 6 nitrogen and oxygen atoms in total. The predicted molar refractivity (Wildman–Crippen MR) is 109 cm³/mol. The fourth-order valence-corrected chi connectivity index (χ4v) is 3.67. The molecule has 0 saturated carbocycles. The van der Waals surface area contributed by atoms with Gasteiger partial charge >= 0.3 is 0 Å². The Bertz CT molecular complexity index is 817. The lowest BCUT2D eigenvalue weighted by Gasteiger charge is -2.25. The lowest BCUT2D eigenvalue weighted by molar-refractivity contribution is -0.130. The monoisotopic (exact) mass is 380 g/mol. The maximum atomic E-state index is 12.5. The van der Waals surface area contributed by atoms with Gasteiger partial charge in [-0.05, 0) is 49.1 Å². The van der Waals surface area contributed by atoms with Gasteiger partial charge in [-0.25, -0.2) is 0 Å². The van der Waals surface area contributed by atoms with Crippen LogP contribution in [0.1, 0.15) is 33.6 Å². The van der Waals surface area contributed by atoms with Crippen LogP contribution < -0.4 is 5.32 Å². The average Bonchev–Trinajstić information content (AvgIpc) is 3.17. The van der Waals surface area contributed by atoms with Crippen molar-refractivity contribution in [2.24, 2.45) is 0 Å². The van der Waals surface area contributed by atoms with Gasteiger partial charge < -0.3 is 10.2 Å². The number of likely N-dealkylation sites (tertiary alicyclic amines) is 1. The Balaban J connectivity index is 1.50. The fourth-order valence-electron chi connectivity index (χ4n) is 3.67. The quantitative estimate of drug-likeness (QED) is 0.834. The number of amides is 2. The van der Waals surface area contributed by atoms with Gasteiger partial charge in [0.25, 0.3) is 5.91 Å². The predicted octanol–water partition coefficient (Wildman–Crippen LogP) is 2.16. The number of rotatable bonds is 6. The van der Waals surface area contributed by atoms with Crippen LogP contribution in [-0.4, -0.2) is 59.3 Å². The molecule has 1 aliphatic rings. The van der Waals surface area contributed by atoms with Crippen LogP contribution in [0.4, 0.5) is 0 Å². The first kappa shape index (κ1) is 20.0. The molecule has 3 rings (SSSR count). The van der Waals surface area contributed by atoms with Crippen molar-refractivity contribution in [3.8, 4) is 0 Å². The number of nitrogens with one attached hydrogen (secondary N) is 1. The van der Waals surface area contributed by atoms with Crippen molar-refractivity contribution in [1.82, 2.24) is 20.1 Å². The third-order valence-corrected chi connectivity index (χ3v) is 5.51. The molecule has 1 aliphatic heterocycles. The molecule has 0 aliphatic carbocycles. The second-order valence-corrected chi connectivity index (χ2v) is 7.45. The summed E-state index contributed by atoms with van der Waals surface area (Å²) in [5.74, 6) is -0.409. The number of hydrogen-bond donors (Lipinski definition) is 1. The van der Waals surface area contributed by atoms with Gasteiger partial charge in [-0.1, -0.05) is 24.3 Å². The molecular weight excluding hydrogens is 352 g/mol. The summed E-state index contributed by atoms with van der Waals surface area (Å²) in [6.07, 6.45) is 2.51. The lowest BCUT2D eigenvalue weighted by Crippen LogP contribution is -2.44. The van der Waals surface area contributed by atoms with E-state index < -0.39 is 0 Å². The van der Waals surface area contributed by atoms with Gasteiger partial charge in [-0.2, -0.15) is 0 Å². The summed E-state index contributed by atoms with van der Waals surface area (Å²) < 4.78 is 0. The first-order valence-electron chi connectivity index (χ1n) is 9.68. The molecule has 1 fully saturated rings. The van der Waals surface area contributed by atoms with Crippen LogP contribution in [0.15, 0.2) is 42.6 Å². The van der Waals surface area contributed by atoms with Crippen molar-refractivity contribution in [1.29, 1.82) is 0 Å². The first-order valence-corrected chi connectivity index (χ1v) is 9.68. The standard InChI is InChI=1S/C22H28N4O2/c1-16-7-6-8-17(2)19(16)15-26-12-10-18(14-26)25(3)21(27)13-24-22(28)20-9-4-5-11-23-20/h4-9,11,18H,10,12-15H2,1-3H3,(H,24,28). The lowest BCUT2D eigenvalue weighted by atomic mass is 10.0. The van der Waals surface area contributed by atoms with Crippen LogP contribution in [0.3, 0.4) is 0 Å². The molecule has 6 heteroatoms. The van der Waals surface area contributed by atoms with E-state index in [2.05, 4.69) is 47.2 Å². The topological polar surface area (TPSA) is 65.5 Å². The molecule has 1 atom stereocenters. The van der Waals surface area contributed by atoms with E-state index in [0.717, 1.165) is 26.1 Å². The highest BCUT2D eigenvalue weighted by Gasteiger charge is 2.28. The molecule has 1 N–H and O–H groups in total. The number of hydrogen-bond acceptors (Lipinski definition) is 4. The molecule has 2 aromatic rings. The number of carbonyl (C=O) groups excluding carboxylic acids is 2. The Morgan fingerprint density at radius 3 is 2.61 bits per heavy atom. The summed E-state index contributed by atoms with van der Waals surface area (Å²) in [5, 5.41) is 2.66. The van der Waals surface area contributed by atoms with Gasteiger partial charge in [0.05, 0.1) is 6.54 Å². The summed E-state index contributed by atoms with van der Waals surface area (Å²) >= 11 is 0. The minimum Gasteiger partial charge on any atom is -0.342 e. The Kier molecular flexibility index (Phi) is 6.41. The van der Waals surface area contributed by atoms with E-state index >= 15 is 0 Å². The van der Waals surface area contributed by atoms with E-state index in [0.29, 0.717) is 5.69 Å². The van der Waals surface area contributed by atoms with Crippen LogP contribution >= 0.6 is 0 Å². The Morgan fingerprint density at radius 1 is 1.18 bits per heavy atom. The number of aryl methyl sites for hydroxylation is 2. The molecule has 2 heterocycles. The van der Waals surface area contributed by atoms with Gasteiger partial charge in [0, 0.05) is 38.9 Å². The number of benzene rings is 1. The second-order valence-electron chi connectivity index (χ2n) is 7.45. The van der Waals surface area contributed by atoms with Crippen molar-refractivity contribution in [2.45, 2.75) is 32.9 Å². The van der Waals surface area contributed by atoms with Gasteiger partial charge in [0.2, 0.25) is 5.91 Å². The highest BCUT2D eigenvalue weighted by atomic mass is 16.2. The molecule has 2 amide bonds. The van der Waals surface area contributed by atoms with Crippen molar-refractivity contribution in [3.05, 3.63) is 65.0 Å². The first-order chi connectivity index (χ1) is 13.5. The summed E-state index contributed by atoms with van der Waals surface area (Å²) in [5.41, 5.74) is 4.31. The SMILES string of the molecule is Cc1cccc(C)c1CN1CCC(N(C)C(=O)CNC(=O)c2ccccn2)C1. The number of nitrogens with zero attached hydrogens (tertiary/aromatic N) is 3. The maximum absolute atomic E-state index is 12.5. The number of pyridine rings is 1. The van der Waals surface area contributed by atoms with Crippen molar-refractivity contribution < 1.29 is 9.59 Å². The van der Waals surface area contributed by atoms with Gasteiger partial charge in [-0.15, -0.1) is 0 Å². The van der Waals surface area contributed by atoms with Gasteiger partial charge in [-0.3, -0.25) is 19.5 Å². The summed E-state index contributed by atoms with van der Waals surface area (Å²) in [6, 6.07) is 11.7. The van der Waals surface area contributed by atoms with E-state index in [4.69, 9.17) is 0 Å². The van der Waals surface area contributed by atoms with E-state index in [1.165, 1.54) is 16.7 Å². The van der Waals surface area contributed by atoms with E-state index in [9.17, 15) is 9.59 Å². The zero-order chi connectivity index (χ0) is 20.1. The molecule has 0 bridgehead atoms. The third kappa shape index (κ3) is 4.75. The van der Waals surface area contributed by atoms with Gasteiger partial charge in [0.15, 0.2) is 0 Å². The molecule has 0 radical (unpaired) electrons. The Labute approximate surface area is 166 Å². The molecule has 1 aromatic carbocycles. The highest BCUT2D eigenvalue weighted by Crippen LogP contribution is 2.21. The largest absolute Gasteiger partial charge is 0.342 e. The molecular formula is C22H28N4O2. The summed E-state index contributed by atoms with van der Waals surface area (Å²) in [6.45, 7) is 7.01. The Morgan fingerprint density at radius 2 is 1.93 bits per heavy atom. The summed E-state index contributed by atoms with van der Waals surface area (Å²) in [7, 11) is 1.82. The minimum absolute atomic E-state index is 0.0146. The molecule has 28 heavy (non-hydrogen) atoms. The van der Waals surface area contributed by atoms with E-state index in [1.54, 1.807) is 29.3 Å². The number of likely N-dealkylation sites (N-methyl/N-ethyl adjacent to an activating group) is 1. The summed E-state index contributed by atoms with van der Waals surface area (Å²) in [4.78, 5) is 32.7. The normalized spacial score (nSPS) is 16.8. The van der Waals surface area contributed by atoms with E-state index in [-0.39, 0.29) is 24.4 Å². The van der Waals surface area contributed by atoms with Crippen LogP contribution in [0.5, 0.6) is 0 Å². The van der Waals surface area contributed by atoms with Crippen LogP contribution in [0, 0.1) is 13.8 Å². The third-order valence-electron chi connectivity index (χ3n) is 5.51. The van der Waals surface area contributed by atoms with Crippen molar-refractivity contribution in [3.63, 3.8) is 0 Å². The maximum Gasteiger partial charge on any atom is 0.270 e. The number of aromatic nitrogens is 1. The number of carbonyl (C=O) groups is 2. The van der Waals surface area contributed by atoms with Crippen molar-refractivity contribution in [2.75, 3.05) is 26.7 Å². The second kappa shape index (κ2) is 8.97. The highest BCUT2D eigenvalue weighted by molar-refractivity contribution is 5.94. The minimum atomic E-state index is -0.328. The molecule has 1 unspecified atom stereocenters. The molecule has 148 valence electrons. The van der Waals surface area contributed by atoms with Crippen LogP contribution in [0.2, 0.25) is 0 Å². The molecule has 1 aromatic heterocycles. The fraction of sp³-hybridized carbons (Fsp3) is 0.409. The Hall–Kier alpha value is -2.73. The van der Waals surface area contributed by atoms with Gasteiger partial charge in [0.1, 0.15) is 5.69 Å². The van der Waals surface area contributed by atoms with Crippen molar-refractivity contribution >= 4 is 11.8 Å². The zero-order valence-corrected chi connectivity index (χ0v) is 16.8. The van der Waals surface area contributed by atoms with Crippen LogP contribution in [-0.2, 0) is 11.3 Å². The van der Waals surface area contributed by atoms with Crippen LogP contribution in [0.25, 0.3) is 0 Å². The molecule has 1 saturated heterocycles. The van der Waals surface area contributed by atoms with E-state index in [1.807, 2.05) is 7.05 Å². The smallest absolute Gasteiger partial charge is 0.270 e.